The SMILES string of the molecule is O=C(Cl)c1c(Cl)ncc(C(F)F)c1F. The molecule has 0 saturated heterocycles. The zero-order valence-corrected chi connectivity index (χ0v) is 7.91. The van der Waals surface area contributed by atoms with Gasteiger partial charge < -0.3 is 0 Å². The Kier molecular flexibility index (Phi) is 3.34. The first-order valence-electron chi connectivity index (χ1n) is 3.27. The first-order valence-corrected chi connectivity index (χ1v) is 4.02. The lowest BCUT2D eigenvalue weighted by molar-refractivity contribution is 0.107. The molecule has 0 spiro atoms. The second-order valence-electron chi connectivity index (χ2n) is 2.27. The number of aromatic nitrogens is 1. The Balaban J connectivity index is 3.41. The predicted molar refractivity (Wildman–Crippen MR) is 44.3 cm³/mol. The molecule has 0 saturated carbocycles. The molecule has 0 aromatic carbocycles. The van der Waals surface area contributed by atoms with Crippen molar-refractivity contribution >= 4 is 28.4 Å². The molecule has 0 fully saturated rings. The lowest BCUT2D eigenvalue weighted by atomic mass is 10.2. The lowest BCUT2D eigenvalue weighted by Gasteiger charge is -2.04. The van der Waals surface area contributed by atoms with Gasteiger partial charge in [0.1, 0.15) is 16.5 Å². The van der Waals surface area contributed by atoms with Crippen LogP contribution in [-0.4, -0.2) is 10.2 Å². The van der Waals surface area contributed by atoms with Gasteiger partial charge in [-0.1, -0.05) is 11.6 Å². The summed E-state index contributed by atoms with van der Waals surface area (Å²) in [5.41, 5.74) is -1.83. The van der Waals surface area contributed by atoms with Gasteiger partial charge in [0.2, 0.25) is 0 Å². The number of halogens is 5. The van der Waals surface area contributed by atoms with Gasteiger partial charge in [-0.2, -0.15) is 0 Å². The molecule has 1 heterocycles. The molecule has 2 nitrogen and oxygen atoms in total. The molecule has 0 bridgehead atoms. The van der Waals surface area contributed by atoms with Gasteiger partial charge >= 0.3 is 0 Å². The summed E-state index contributed by atoms with van der Waals surface area (Å²) in [4.78, 5) is 13.8. The van der Waals surface area contributed by atoms with E-state index < -0.39 is 33.8 Å². The Bertz CT molecular complexity index is 383. The number of nitrogens with zero attached hydrogens (tertiary/aromatic N) is 1. The highest BCUT2D eigenvalue weighted by Gasteiger charge is 2.23. The van der Waals surface area contributed by atoms with Gasteiger partial charge in [-0.15, -0.1) is 0 Å². The maximum absolute atomic E-state index is 13.1. The van der Waals surface area contributed by atoms with E-state index in [1.807, 2.05) is 0 Å². The monoisotopic (exact) mass is 243 g/mol. The van der Waals surface area contributed by atoms with Crippen molar-refractivity contribution < 1.29 is 18.0 Å². The number of hydrogen-bond donors (Lipinski definition) is 0. The minimum Gasteiger partial charge on any atom is -0.275 e. The summed E-state index contributed by atoms with van der Waals surface area (Å²) in [6.07, 6.45) is -2.51. The molecule has 0 unspecified atom stereocenters. The normalized spacial score (nSPS) is 10.7. The largest absolute Gasteiger partial charge is 0.275 e. The average Bonchev–Trinajstić information content (AvgIpc) is 2.02. The van der Waals surface area contributed by atoms with Crippen LogP contribution in [0.5, 0.6) is 0 Å². The van der Waals surface area contributed by atoms with Gasteiger partial charge in [0.05, 0.1) is 5.56 Å². The molecule has 0 amide bonds. The van der Waals surface area contributed by atoms with Crippen LogP contribution in [0.2, 0.25) is 5.15 Å². The van der Waals surface area contributed by atoms with Crippen LogP contribution in [0.4, 0.5) is 13.2 Å². The van der Waals surface area contributed by atoms with Crippen LogP contribution in [0, 0.1) is 5.82 Å². The molecule has 1 aromatic heterocycles. The van der Waals surface area contributed by atoms with Crippen LogP contribution in [0.25, 0.3) is 0 Å². The highest BCUT2D eigenvalue weighted by molar-refractivity contribution is 6.68. The van der Waals surface area contributed by atoms with E-state index in [0.29, 0.717) is 6.20 Å². The first-order chi connectivity index (χ1) is 6.45. The van der Waals surface area contributed by atoms with Gasteiger partial charge in [0.15, 0.2) is 0 Å². The summed E-state index contributed by atoms with van der Waals surface area (Å²) < 4.78 is 37.4. The van der Waals surface area contributed by atoms with Crippen LogP contribution in [0.3, 0.4) is 0 Å². The Morgan fingerprint density at radius 3 is 2.50 bits per heavy atom. The van der Waals surface area contributed by atoms with Crippen molar-refractivity contribution in [1.29, 1.82) is 0 Å². The predicted octanol–water partition coefficient (Wildman–Crippen LogP) is 3.19. The third-order valence-corrected chi connectivity index (χ3v) is 1.90. The molecule has 0 radical (unpaired) electrons. The molecule has 0 aliphatic rings. The first kappa shape index (κ1) is 11.3. The summed E-state index contributed by atoms with van der Waals surface area (Å²) >= 11 is 10.2. The molecular formula is C7H2Cl2F3NO. The number of carbonyl (C=O) groups is 1. The Labute approximate surface area is 86.6 Å². The van der Waals surface area contributed by atoms with Crippen LogP contribution < -0.4 is 0 Å². The number of hydrogen-bond acceptors (Lipinski definition) is 2. The molecule has 76 valence electrons. The van der Waals surface area contributed by atoms with E-state index in [-0.39, 0.29) is 0 Å². The van der Waals surface area contributed by atoms with E-state index in [9.17, 15) is 18.0 Å². The van der Waals surface area contributed by atoms with Crippen molar-refractivity contribution in [3.05, 3.63) is 28.3 Å². The third-order valence-electron chi connectivity index (χ3n) is 1.43. The van der Waals surface area contributed by atoms with Crippen molar-refractivity contribution in [2.24, 2.45) is 0 Å². The van der Waals surface area contributed by atoms with E-state index in [1.165, 1.54) is 0 Å². The van der Waals surface area contributed by atoms with E-state index >= 15 is 0 Å². The number of alkyl halides is 2. The van der Waals surface area contributed by atoms with Crippen LogP contribution in [0.15, 0.2) is 6.20 Å². The molecule has 1 rings (SSSR count). The molecule has 0 aliphatic carbocycles. The maximum Gasteiger partial charge on any atom is 0.268 e. The van der Waals surface area contributed by atoms with E-state index in [4.69, 9.17) is 23.2 Å². The lowest BCUT2D eigenvalue weighted by Crippen LogP contribution is -2.03. The summed E-state index contributed by atoms with van der Waals surface area (Å²) in [7, 11) is 0. The van der Waals surface area contributed by atoms with Crippen LogP contribution in [-0.2, 0) is 0 Å². The van der Waals surface area contributed by atoms with Gasteiger partial charge in [-0.25, -0.2) is 18.2 Å². The Hall–Kier alpha value is -0.810. The zero-order chi connectivity index (χ0) is 10.9. The smallest absolute Gasteiger partial charge is 0.268 e. The summed E-state index contributed by atoms with van der Waals surface area (Å²) in [6, 6.07) is 0. The Morgan fingerprint density at radius 2 is 2.07 bits per heavy atom. The fourth-order valence-corrected chi connectivity index (χ4v) is 1.24. The molecule has 1 aromatic rings. The van der Waals surface area contributed by atoms with Crippen molar-refractivity contribution in [2.75, 3.05) is 0 Å². The van der Waals surface area contributed by atoms with Gasteiger partial charge in [-0.3, -0.25) is 4.79 Å². The molecular weight excluding hydrogens is 242 g/mol. The third kappa shape index (κ3) is 1.99. The summed E-state index contributed by atoms with van der Waals surface area (Å²) in [6.45, 7) is 0. The van der Waals surface area contributed by atoms with Crippen molar-refractivity contribution in [3.8, 4) is 0 Å². The number of rotatable bonds is 2. The van der Waals surface area contributed by atoms with E-state index in [0.717, 1.165) is 0 Å². The van der Waals surface area contributed by atoms with Crippen LogP contribution in [0.1, 0.15) is 22.3 Å². The minimum atomic E-state index is -3.07. The maximum atomic E-state index is 13.1. The van der Waals surface area contributed by atoms with E-state index in [1.54, 1.807) is 0 Å². The van der Waals surface area contributed by atoms with Crippen molar-refractivity contribution in [2.45, 2.75) is 6.43 Å². The Morgan fingerprint density at radius 1 is 1.50 bits per heavy atom. The molecule has 14 heavy (non-hydrogen) atoms. The van der Waals surface area contributed by atoms with Crippen LogP contribution >= 0.6 is 23.2 Å². The fraction of sp³-hybridized carbons (Fsp3) is 0.143. The molecule has 0 atom stereocenters. The summed E-state index contributed by atoms with van der Waals surface area (Å²) in [5.74, 6) is -1.43. The molecule has 0 aliphatic heterocycles. The standard InChI is InChI=1S/C7H2Cl2F3NO/c8-5-3(6(9)14)4(10)2(1-13-5)7(11)12/h1,7H. The topological polar surface area (TPSA) is 30.0 Å². The van der Waals surface area contributed by atoms with Crippen molar-refractivity contribution in [3.63, 3.8) is 0 Å². The minimum absolute atomic E-state index is 0.535. The molecule has 7 heteroatoms. The van der Waals surface area contributed by atoms with Crippen molar-refractivity contribution in [1.82, 2.24) is 4.98 Å². The number of carbonyl (C=O) groups excluding carboxylic acids is 1. The zero-order valence-electron chi connectivity index (χ0n) is 6.40. The molecule has 0 N–H and O–H groups in total. The van der Waals surface area contributed by atoms with Gasteiger partial charge in [-0.05, 0) is 11.6 Å². The average molecular weight is 244 g/mol. The van der Waals surface area contributed by atoms with Gasteiger partial charge in [0, 0.05) is 6.20 Å². The number of pyridine rings is 1. The van der Waals surface area contributed by atoms with E-state index in [2.05, 4.69) is 4.98 Å². The second-order valence-corrected chi connectivity index (χ2v) is 2.97. The highest BCUT2D eigenvalue weighted by Crippen LogP contribution is 2.27. The summed E-state index contributed by atoms with van der Waals surface area (Å²) in [5, 5.41) is -1.80. The fourth-order valence-electron chi connectivity index (χ4n) is 0.802. The second kappa shape index (κ2) is 4.14. The highest BCUT2D eigenvalue weighted by atomic mass is 35.5. The van der Waals surface area contributed by atoms with Gasteiger partial charge in [0.25, 0.3) is 11.7 Å². The quantitative estimate of drug-likeness (QED) is 0.590.